The number of imidazole rings is 1. The van der Waals surface area contributed by atoms with Gasteiger partial charge in [0.1, 0.15) is 0 Å². The van der Waals surface area contributed by atoms with Gasteiger partial charge in [-0.25, -0.2) is 4.98 Å². The highest BCUT2D eigenvalue weighted by Gasteiger charge is 2.09. The highest BCUT2D eigenvalue weighted by atomic mass is 16.1. The fourth-order valence-corrected chi connectivity index (χ4v) is 2.31. The number of rotatable bonds is 4. The molecule has 0 saturated heterocycles. The summed E-state index contributed by atoms with van der Waals surface area (Å²) < 4.78 is 1.89. The van der Waals surface area contributed by atoms with Crippen LogP contribution < -0.4 is 0 Å². The second-order valence-electron chi connectivity index (χ2n) is 4.83. The number of aryl methyl sites for hydroxylation is 1. The Hall–Kier alpha value is -2.42. The minimum absolute atomic E-state index is 0.107. The first-order chi connectivity index (χ1) is 9.78. The zero-order chi connectivity index (χ0) is 13.9. The van der Waals surface area contributed by atoms with E-state index in [-0.39, 0.29) is 5.78 Å². The Labute approximate surface area is 117 Å². The zero-order valence-electron chi connectivity index (χ0n) is 11.4. The van der Waals surface area contributed by atoms with Gasteiger partial charge in [0.2, 0.25) is 0 Å². The van der Waals surface area contributed by atoms with Gasteiger partial charge in [-0.05, 0) is 24.1 Å². The lowest BCUT2D eigenvalue weighted by Crippen LogP contribution is -2.09. The van der Waals surface area contributed by atoms with Crippen molar-refractivity contribution in [3.05, 3.63) is 66.0 Å². The van der Waals surface area contributed by atoms with Crippen LogP contribution in [0.3, 0.4) is 0 Å². The van der Waals surface area contributed by atoms with E-state index in [1.165, 1.54) is 5.56 Å². The quantitative estimate of drug-likeness (QED) is 0.676. The third-order valence-corrected chi connectivity index (χ3v) is 3.53. The van der Waals surface area contributed by atoms with Crippen LogP contribution in [0.2, 0.25) is 0 Å². The van der Waals surface area contributed by atoms with Crippen LogP contribution in [0.1, 0.15) is 22.8 Å². The van der Waals surface area contributed by atoms with Gasteiger partial charge in [0, 0.05) is 5.56 Å². The van der Waals surface area contributed by atoms with Crippen LogP contribution in [0.25, 0.3) is 11.0 Å². The van der Waals surface area contributed by atoms with Crippen LogP contribution >= 0.6 is 0 Å². The molecule has 0 aliphatic carbocycles. The maximum Gasteiger partial charge on any atom is 0.182 e. The van der Waals surface area contributed by atoms with Crippen LogP contribution in [0.4, 0.5) is 0 Å². The Balaban J connectivity index is 1.84. The number of fused-ring (bicyclic) bond motifs is 1. The molecule has 3 nitrogen and oxygen atoms in total. The second-order valence-corrected chi connectivity index (χ2v) is 4.83. The van der Waals surface area contributed by atoms with Gasteiger partial charge in [-0.15, -0.1) is 0 Å². The smallest absolute Gasteiger partial charge is 0.182 e. The summed E-state index contributed by atoms with van der Waals surface area (Å²) in [5.74, 6) is 0.107. The third-order valence-electron chi connectivity index (χ3n) is 3.53. The molecular weight excluding hydrogens is 248 g/mol. The summed E-state index contributed by atoms with van der Waals surface area (Å²) in [6, 6.07) is 15.7. The summed E-state index contributed by atoms with van der Waals surface area (Å²) in [6.07, 6.45) is 2.71. The van der Waals surface area contributed by atoms with E-state index < -0.39 is 0 Å². The summed E-state index contributed by atoms with van der Waals surface area (Å²) in [6.45, 7) is 2.43. The number of hydrogen-bond acceptors (Lipinski definition) is 2. The zero-order valence-corrected chi connectivity index (χ0v) is 11.4. The molecule has 0 N–H and O–H groups in total. The lowest BCUT2D eigenvalue weighted by Gasteiger charge is -2.05. The average Bonchev–Trinajstić information content (AvgIpc) is 2.91. The molecule has 0 unspecified atom stereocenters. The SMILES string of the molecule is CCc1ccc(C(=O)Cn2cnc3ccccc32)cc1. The van der Waals surface area contributed by atoms with E-state index in [0.29, 0.717) is 6.54 Å². The molecule has 0 bridgehead atoms. The fourth-order valence-electron chi connectivity index (χ4n) is 2.31. The molecule has 3 heteroatoms. The molecule has 2 aromatic carbocycles. The van der Waals surface area contributed by atoms with Crippen LogP contribution in [0, 0.1) is 0 Å². The van der Waals surface area contributed by atoms with Gasteiger partial charge < -0.3 is 4.57 Å². The maximum atomic E-state index is 12.3. The molecule has 0 spiro atoms. The number of hydrogen-bond donors (Lipinski definition) is 0. The first kappa shape index (κ1) is 12.6. The van der Waals surface area contributed by atoms with Crippen molar-refractivity contribution in [2.75, 3.05) is 0 Å². The van der Waals surface area contributed by atoms with Crippen molar-refractivity contribution in [1.82, 2.24) is 9.55 Å². The summed E-state index contributed by atoms with van der Waals surface area (Å²) in [4.78, 5) is 16.6. The minimum Gasteiger partial charge on any atom is -0.323 e. The Morgan fingerprint density at radius 1 is 1.10 bits per heavy atom. The van der Waals surface area contributed by atoms with Gasteiger partial charge in [0.15, 0.2) is 5.78 Å². The number of para-hydroxylation sites is 2. The summed E-state index contributed by atoms with van der Waals surface area (Å²) in [7, 11) is 0. The largest absolute Gasteiger partial charge is 0.323 e. The molecular formula is C17H16N2O. The van der Waals surface area contributed by atoms with Crippen LogP contribution in [-0.2, 0) is 13.0 Å². The van der Waals surface area contributed by atoms with Crippen molar-refractivity contribution >= 4 is 16.8 Å². The molecule has 100 valence electrons. The first-order valence-electron chi connectivity index (χ1n) is 6.80. The number of benzene rings is 2. The molecule has 3 rings (SSSR count). The average molecular weight is 264 g/mol. The van der Waals surface area contributed by atoms with E-state index >= 15 is 0 Å². The molecule has 20 heavy (non-hydrogen) atoms. The number of carbonyl (C=O) groups is 1. The normalized spacial score (nSPS) is 10.8. The molecule has 0 fully saturated rings. The maximum absolute atomic E-state index is 12.3. The summed E-state index contributed by atoms with van der Waals surface area (Å²) >= 11 is 0. The molecule has 0 saturated carbocycles. The summed E-state index contributed by atoms with van der Waals surface area (Å²) in [5, 5.41) is 0. The highest BCUT2D eigenvalue weighted by Crippen LogP contribution is 2.13. The van der Waals surface area contributed by atoms with Crippen molar-refractivity contribution in [2.45, 2.75) is 19.9 Å². The number of nitrogens with zero attached hydrogens (tertiary/aromatic N) is 2. The molecule has 1 heterocycles. The van der Waals surface area contributed by atoms with Crippen molar-refractivity contribution in [3.8, 4) is 0 Å². The van der Waals surface area contributed by atoms with E-state index in [2.05, 4.69) is 11.9 Å². The molecule has 3 aromatic rings. The topological polar surface area (TPSA) is 34.9 Å². The van der Waals surface area contributed by atoms with E-state index in [1.54, 1.807) is 6.33 Å². The van der Waals surface area contributed by atoms with E-state index in [4.69, 9.17) is 0 Å². The first-order valence-corrected chi connectivity index (χ1v) is 6.80. The minimum atomic E-state index is 0.107. The van der Waals surface area contributed by atoms with Gasteiger partial charge in [0.25, 0.3) is 0 Å². The molecule has 0 aliphatic heterocycles. The predicted octanol–water partition coefficient (Wildman–Crippen LogP) is 3.48. The molecule has 0 atom stereocenters. The monoisotopic (exact) mass is 264 g/mol. The summed E-state index contributed by atoms with van der Waals surface area (Å²) in [5.41, 5.74) is 3.90. The molecule has 0 radical (unpaired) electrons. The van der Waals surface area contributed by atoms with Crippen LogP contribution in [-0.4, -0.2) is 15.3 Å². The van der Waals surface area contributed by atoms with Gasteiger partial charge in [-0.1, -0.05) is 43.3 Å². The van der Waals surface area contributed by atoms with Crippen molar-refractivity contribution < 1.29 is 4.79 Å². The Bertz CT molecular complexity index is 741. The number of carbonyl (C=O) groups excluding carboxylic acids is 1. The fraction of sp³-hybridized carbons (Fsp3) is 0.176. The number of ketones is 1. The van der Waals surface area contributed by atoms with Crippen molar-refractivity contribution in [1.29, 1.82) is 0 Å². The lowest BCUT2D eigenvalue weighted by molar-refractivity contribution is 0.0973. The molecule has 0 aliphatic rings. The number of aromatic nitrogens is 2. The predicted molar refractivity (Wildman–Crippen MR) is 79.9 cm³/mol. The van der Waals surface area contributed by atoms with Crippen molar-refractivity contribution in [2.24, 2.45) is 0 Å². The molecule has 1 aromatic heterocycles. The Morgan fingerprint density at radius 2 is 1.85 bits per heavy atom. The molecule has 0 amide bonds. The van der Waals surface area contributed by atoms with E-state index in [1.807, 2.05) is 53.1 Å². The number of Topliss-reactive ketones (excluding diaryl/α,β-unsaturated/α-hetero) is 1. The highest BCUT2D eigenvalue weighted by molar-refractivity contribution is 5.96. The Morgan fingerprint density at radius 3 is 2.60 bits per heavy atom. The van der Waals surface area contributed by atoms with Gasteiger partial charge in [-0.3, -0.25) is 4.79 Å². The Kier molecular flexibility index (Phi) is 3.33. The van der Waals surface area contributed by atoms with Crippen LogP contribution in [0.5, 0.6) is 0 Å². The standard InChI is InChI=1S/C17H16N2O/c1-2-13-7-9-14(10-8-13)17(20)11-19-12-18-15-5-3-4-6-16(15)19/h3-10,12H,2,11H2,1H3. The van der Waals surface area contributed by atoms with Crippen molar-refractivity contribution in [3.63, 3.8) is 0 Å². The lowest BCUT2D eigenvalue weighted by atomic mass is 10.1. The van der Waals surface area contributed by atoms with Gasteiger partial charge >= 0.3 is 0 Å². The van der Waals surface area contributed by atoms with Gasteiger partial charge in [0.05, 0.1) is 23.9 Å². The second kappa shape index (κ2) is 5.29. The van der Waals surface area contributed by atoms with E-state index in [0.717, 1.165) is 23.0 Å². The van der Waals surface area contributed by atoms with E-state index in [9.17, 15) is 4.79 Å². The third kappa shape index (κ3) is 2.35. The van der Waals surface area contributed by atoms with Crippen LogP contribution in [0.15, 0.2) is 54.9 Å². The van der Waals surface area contributed by atoms with Gasteiger partial charge in [-0.2, -0.15) is 0 Å².